The van der Waals surface area contributed by atoms with Crippen LogP contribution in [0.25, 0.3) is 0 Å². The minimum atomic E-state index is -1.08. The molecule has 0 radical (unpaired) electrons. The Morgan fingerprint density at radius 3 is 2.33 bits per heavy atom. The second kappa shape index (κ2) is 15.6. The van der Waals surface area contributed by atoms with Crippen molar-refractivity contribution in [2.45, 2.75) is 84.7 Å². The summed E-state index contributed by atoms with van der Waals surface area (Å²) in [5.41, 5.74) is 1.10. The fraction of sp³-hybridized carbons (Fsp3) is 0.500. The molecule has 1 unspecified atom stereocenters. The second-order valence-electron chi connectivity index (χ2n) is 10.4. The van der Waals surface area contributed by atoms with Crippen molar-refractivity contribution in [3.63, 3.8) is 0 Å². The molecule has 2 aromatic carbocycles. The van der Waals surface area contributed by atoms with E-state index in [-0.39, 0.29) is 13.2 Å². The van der Waals surface area contributed by atoms with Crippen molar-refractivity contribution >= 4 is 18.2 Å². The van der Waals surface area contributed by atoms with Gasteiger partial charge in [0.05, 0.1) is 6.54 Å². The number of carboxylic acid groups (broad SMARTS) is 1. The van der Waals surface area contributed by atoms with Crippen LogP contribution in [0.5, 0.6) is 5.75 Å². The Morgan fingerprint density at radius 2 is 1.69 bits per heavy atom. The maximum Gasteiger partial charge on any atom is 0.411 e. The van der Waals surface area contributed by atoms with Crippen molar-refractivity contribution in [1.29, 1.82) is 0 Å². The summed E-state index contributed by atoms with van der Waals surface area (Å²) in [6.07, 6.45) is 0.558. The molecule has 0 spiro atoms. The summed E-state index contributed by atoms with van der Waals surface area (Å²) in [6.45, 7) is 9.59. The molecule has 2 rings (SSSR count). The number of alkyl carbamates (subject to hydrolysis) is 1. The summed E-state index contributed by atoms with van der Waals surface area (Å²) < 4.78 is 16.9. The van der Waals surface area contributed by atoms with Crippen LogP contribution in [-0.2, 0) is 27.3 Å². The van der Waals surface area contributed by atoms with Gasteiger partial charge in [-0.15, -0.1) is 0 Å². The number of amides is 2. The van der Waals surface area contributed by atoms with E-state index < -0.39 is 35.9 Å². The highest BCUT2D eigenvalue weighted by Gasteiger charge is 2.33. The molecule has 0 aliphatic heterocycles. The number of hydrogen-bond acceptors (Lipinski definition) is 6. The predicted molar refractivity (Wildman–Crippen MR) is 149 cm³/mol. The van der Waals surface area contributed by atoms with Crippen LogP contribution < -0.4 is 10.1 Å². The van der Waals surface area contributed by atoms with Crippen LogP contribution in [0.15, 0.2) is 54.6 Å². The summed E-state index contributed by atoms with van der Waals surface area (Å²) in [7, 11) is 0. The van der Waals surface area contributed by atoms with Gasteiger partial charge < -0.3 is 24.6 Å². The summed E-state index contributed by atoms with van der Waals surface area (Å²) in [6, 6.07) is 16.0. The molecule has 9 nitrogen and oxygen atoms in total. The Labute approximate surface area is 231 Å². The Hall–Kier alpha value is -3.75. The van der Waals surface area contributed by atoms with Crippen LogP contribution in [0, 0.1) is 0 Å². The normalized spacial score (nSPS) is 12.6. The fourth-order valence-corrected chi connectivity index (χ4v) is 3.94. The number of carbonyl (C=O) groups is 3. The first-order valence-corrected chi connectivity index (χ1v) is 13.4. The Balaban J connectivity index is 1.94. The quantitative estimate of drug-likeness (QED) is 0.290. The van der Waals surface area contributed by atoms with Gasteiger partial charge in [0.1, 0.15) is 30.1 Å². The van der Waals surface area contributed by atoms with Gasteiger partial charge in [-0.3, -0.25) is 4.90 Å². The van der Waals surface area contributed by atoms with Gasteiger partial charge in [-0.25, -0.2) is 14.4 Å². The van der Waals surface area contributed by atoms with E-state index in [2.05, 4.69) is 5.32 Å². The first kappa shape index (κ1) is 31.5. The maximum absolute atomic E-state index is 12.9. The number of ether oxygens (including phenoxy) is 3. The van der Waals surface area contributed by atoms with Crippen molar-refractivity contribution in [2.24, 2.45) is 0 Å². The topological polar surface area (TPSA) is 114 Å². The molecule has 0 heterocycles. The zero-order valence-corrected chi connectivity index (χ0v) is 23.6. The standard InChI is InChI=1S/C30H42N2O7/c1-6-13-25(27(33)34)32(29(36)39-30(3,4)5)20-22(2)38-26-18-11-10-16-24(26)17-12-19-31-28(35)37-21-23-14-8-7-9-15-23/h7-11,14-16,18,22,25H,6,12-13,17,19-21H2,1-5H3,(H,31,35)(H,33,34)/t22-,25?/m1/s1. The van der Waals surface area contributed by atoms with Crippen LogP contribution in [0.1, 0.15) is 65.0 Å². The van der Waals surface area contributed by atoms with Crippen molar-refractivity contribution in [2.75, 3.05) is 13.1 Å². The molecule has 2 atom stereocenters. The highest BCUT2D eigenvalue weighted by atomic mass is 16.6. The predicted octanol–water partition coefficient (Wildman–Crippen LogP) is 5.80. The van der Waals surface area contributed by atoms with E-state index in [1.54, 1.807) is 27.7 Å². The molecule has 0 saturated heterocycles. The van der Waals surface area contributed by atoms with Gasteiger partial charge >= 0.3 is 18.2 Å². The third-order valence-corrected chi connectivity index (χ3v) is 5.71. The van der Waals surface area contributed by atoms with Gasteiger partial charge in [0.2, 0.25) is 0 Å². The van der Waals surface area contributed by atoms with E-state index in [1.807, 2.05) is 61.5 Å². The molecule has 0 saturated carbocycles. The fourth-order valence-electron chi connectivity index (χ4n) is 3.94. The van der Waals surface area contributed by atoms with Crippen LogP contribution in [0.3, 0.4) is 0 Å². The van der Waals surface area contributed by atoms with Crippen molar-refractivity contribution in [3.05, 3.63) is 65.7 Å². The highest BCUT2D eigenvalue weighted by molar-refractivity contribution is 5.80. The van der Waals surface area contributed by atoms with Crippen molar-refractivity contribution < 1.29 is 33.7 Å². The molecule has 39 heavy (non-hydrogen) atoms. The minimum Gasteiger partial charge on any atom is -0.489 e. The molecular formula is C30H42N2O7. The monoisotopic (exact) mass is 542 g/mol. The summed E-state index contributed by atoms with van der Waals surface area (Å²) >= 11 is 0. The van der Waals surface area contributed by atoms with Crippen LogP contribution in [0.4, 0.5) is 9.59 Å². The zero-order valence-electron chi connectivity index (χ0n) is 23.6. The average Bonchev–Trinajstić information content (AvgIpc) is 2.87. The molecule has 0 aliphatic carbocycles. The van der Waals surface area contributed by atoms with Gasteiger partial charge in [0, 0.05) is 6.54 Å². The van der Waals surface area contributed by atoms with Crippen LogP contribution in [-0.4, -0.2) is 59.0 Å². The minimum absolute atomic E-state index is 0.0506. The lowest BCUT2D eigenvalue weighted by Crippen LogP contribution is -2.50. The van der Waals surface area contributed by atoms with Crippen molar-refractivity contribution in [1.82, 2.24) is 10.2 Å². The van der Waals surface area contributed by atoms with E-state index >= 15 is 0 Å². The summed E-state index contributed by atoms with van der Waals surface area (Å²) in [4.78, 5) is 38.1. The van der Waals surface area contributed by atoms with E-state index in [0.717, 1.165) is 11.1 Å². The molecule has 0 aliphatic rings. The average molecular weight is 543 g/mol. The van der Waals surface area contributed by atoms with Gasteiger partial charge in [0.15, 0.2) is 0 Å². The Bertz CT molecular complexity index is 1050. The number of carbonyl (C=O) groups excluding carboxylic acids is 2. The molecule has 0 fully saturated rings. The molecule has 2 N–H and O–H groups in total. The lowest BCUT2D eigenvalue weighted by molar-refractivity contribution is -0.143. The Morgan fingerprint density at radius 1 is 1.03 bits per heavy atom. The van der Waals surface area contributed by atoms with Crippen LogP contribution in [0.2, 0.25) is 0 Å². The van der Waals surface area contributed by atoms with E-state index in [9.17, 15) is 19.5 Å². The molecule has 0 bridgehead atoms. The molecule has 9 heteroatoms. The highest BCUT2D eigenvalue weighted by Crippen LogP contribution is 2.22. The van der Waals surface area contributed by atoms with Gasteiger partial charge in [-0.05, 0) is 64.2 Å². The first-order chi connectivity index (χ1) is 18.5. The van der Waals surface area contributed by atoms with Crippen LogP contribution >= 0.6 is 0 Å². The van der Waals surface area contributed by atoms with Crippen molar-refractivity contribution in [3.8, 4) is 5.75 Å². The third-order valence-electron chi connectivity index (χ3n) is 5.71. The number of rotatable bonds is 14. The SMILES string of the molecule is CCCC(C(=O)O)N(C[C@@H](C)Oc1ccccc1CCCNC(=O)OCc1ccccc1)C(=O)OC(C)(C)C. The maximum atomic E-state index is 12.9. The Kier molecular flexibility index (Phi) is 12.6. The lowest BCUT2D eigenvalue weighted by Gasteiger charge is -2.33. The summed E-state index contributed by atoms with van der Waals surface area (Å²) in [5, 5.41) is 12.6. The number of para-hydroxylation sites is 1. The summed E-state index contributed by atoms with van der Waals surface area (Å²) in [5.74, 6) is -0.437. The molecule has 214 valence electrons. The number of benzene rings is 2. The van der Waals surface area contributed by atoms with E-state index in [4.69, 9.17) is 14.2 Å². The molecular weight excluding hydrogens is 500 g/mol. The largest absolute Gasteiger partial charge is 0.489 e. The molecule has 2 aromatic rings. The first-order valence-electron chi connectivity index (χ1n) is 13.4. The number of nitrogens with zero attached hydrogens (tertiary/aromatic N) is 1. The third kappa shape index (κ3) is 11.7. The number of nitrogens with one attached hydrogen (secondary N) is 1. The zero-order chi connectivity index (χ0) is 28.8. The number of carboxylic acids is 1. The second-order valence-corrected chi connectivity index (χ2v) is 10.4. The smallest absolute Gasteiger partial charge is 0.411 e. The number of hydrogen-bond donors (Lipinski definition) is 2. The number of aliphatic carboxylic acids is 1. The number of aryl methyl sites for hydroxylation is 1. The lowest BCUT2D eigenvalue weighted by atomic mass is 10.1. The van der Waals surface area contributed by atoms with Gasteiger partial charge in [-0.1, -0.05) is 61.9 Å². The van der Waals surface area contributed by atoms with Gasteiger partial charge in [-0.2, -0.15) is 0 Å². The van der Waals surface area contributed by atoms with Gasteiger partial charge in [0.25, 0.3) is 0 Å². The molecule has 0 aromatic heterocycles. The molecule has 2 amide bonds. The van der Waals surface area contributed by atoms with E-state index in [1.165, 1.54) is 4.90 Å². The van der Waals surface area contributed by atoms with E-state index in [0.29, 0.717) is 38.0 Å².